The van der Waals surface area contributed by atoms with Crippen LogP contribution >= 0.6 is 11.6 Å². The smallest absolute Gasteiger partial charge is 0.271 e. The predicted octanol–water partition coefficient (Wildman–Crippen LogP) is 0.512. The van der Waals surface area contributed by atoms with Crippen molar-refractivity contribution >= 4 is 28.9 Å². The number of rotatable bonds is 3. The number of hydrogen-bond acceptors (Lipinski definition) is 5. The summed E-state index contributed by atoms with van der Waals surface area (Å²) in [5.74, 6) is -0.428. The van der Waals surface area contributed by atoms with Crippen LogP contribution in [-0.4, -0.2) is 36.5 Å². The lowest BCUT2D eigenvalue weighted by molar-refractivity contribution is -0.384. The van der Waals surface area contributed by atoms with Gasteiger partial charge in [0.05, 0.1) is 15.6 Å². The fourth-order valence-electron chi connectivity index (χ4n) is 2.03. The molecule has 1 aliphatic rings. The van der Waals surface area contributed by atoms with Crippen LogP contribution in [0.5, 0.6) is 0 Å². The van der Waals surface area contributed by atoms with Crippen LogP contribution in [0.3, 0.4) is 0 Å². The van der Waals surface area contributed by atoms with Gasteiger partial charge in [0.25, 0.3) is 5.69 Å². The fraction of sp³-hybridized carbons (Fsp3) is 0.364. The molecular formula is C11H13ClN4O3. The maximum atomic E-state index is 11.2. The molecule has 1 atom stereocenters. The molecule has 7 nitrogen and oxygen atoms in total. The van der Waals surface area contributed by atoms with Crippen LogP contribution in [0, 0.1) is 10.1 Å². The average molecular weight is 285 g/mol. The molecule has 1 saturated heterocycles. The zero-order valence-corrected chi connectivity index (χ0v) is 10.8. The third-order valence-corrected chi connectivity index (χ3v) is 3.30. The number of nitrogens with one attached hydrogen (secondary N) is 1. The lowest BCUT2D eigenvalue weighted by Crippen LogP contribution is -2.56. The minimum atomic E-state index is -0.500. The summed E-state index contributed by atoms with van der Waals surface area (Å²) in [7, 11) is 0. The van der Waals surface area contributed by atoms with E-state index in [-0.39, 0.29) is 5.69 Å². The van der Waals surface area contributed by atoms with Crippen LogP contribution in [0.1, 0.15) is 0 Å². The Morgan fingerprint density at radius 3 is 2.89 bits per heavy atom. The van der Waals surface area contributed by atoms with Gasteiger partial charge in [-0.2, -0.15) is 0 Å². The van der Waals surface area contributed by atoms with E-state index < -0.39 is 16.9 Å². The van der Waals surface area contributed by atoms with Gasteiger partial charge in [-0.25, -0.2) is 0 Å². The minimum absolute atomic E-state index is 0.0599. The zero-order chi connectivity index (χ0) is 14.0. The van der Waals surface area contributed by atoms with Crippen LogP contribution in [0.15, 0.2) is 18.2 Å². The fourth-order valence-corrected chi connectivity index (χ4v) is 2.32. The maximum absolute atomic E-state index is 11.2. The third kappa shape index (κ3) is 2.94. The highest BCUT2D eigenvalue weighted by molar-refractivity contribution is 6.33. The third-order valence-electron chi connectivity index (χ3n) is 3.00. The van der Waals surface area contributed by atoms with E-state index >= 15 is 0 Å². The van der Waals surface area contributed by atoms with Crippen LogP contribution in [0.25, 0.3) is 0 Å². The molecule has 102 valence electrons. The van der Waals surface area contributed by atoms with E-state index in [1.54, 1.807) is 6.07 Å². The van der Waals surface area contributed by atoms with Crippen molar-refractivity contribution in [3.05, 3.63) is 33.3 Å². The zero-order valence-electron chi connectivity index (χ0n) is 10.0. The summed E-state index contributed by atoms with van der Waals surface area (Å²) in [4.78, 5) is 23.2. The molecule has 0 bridgehead atoms. The van der Waals surface area contributed by atoms with E-state index in [2.05, 4.69) is 5.32 Å². The topological polar surface area (TPSA) is 102 Å². The minimum Gasteiger partial charge on any atom is -0.368 e. The second-order valence-corrected chi connectivity index (χ2v) is 4.66. The van der Waals surface area contributed by atoms with Gasteiger partial charge in [-0.15, -0.1) is 0 Å². The Hall–Kier alpha value is -1.86. The highest BCUT2D eigenvalue weighted by atomic mass is 35.5. The SMILES string of the molecule is NC(=O)[C@@H]1CN(c2ccc([N+](=O)[O-])cc2Cl)CCN1. The molecule has 1 heterocycles. The monoisotopic (exact) mass is 284 g/mol. The number of amides is 1. The van der Waals surface area contributed by atoms with Crippen LogP contribution in [0.4, 0.5) is 11.4 Å². The number of carbonyl (C=O) groups is 1. The number of hydrogen-bond donors (Lipinski definition) is 2. The largest absolute Gasteiger partial charge is 0.368 e. The van der Waals surface area contributed by atoms with Crippen molar-refractivity contribution in [2.75, 3.05) is 24.5 Å². The van der Waals surface area contributed by atoms with Crippen LogP contribution < -0.4 is 16.0 Å². The van der Waals surface area contributed by atoms with E-state index in [1.165, 1.54) is 12.1 Å². The van der Waals surface area contributed by atoms with Crippen molar-refractivity contribution in [1.82, 2.24) is 5.32 Å². The Morgan fingerprint density at radius 2 is 2.32 bits per heavy atom. The second-order valence-electron chi connectivity index (χ2n) is 4.25. The highest BCUT2D eigenvalue weighted by Crippen LogP contribution is 2.30. The van der Waals surface area contributed by atoms with E-state index in [9.17, 15) is 14.9 Å². The number of nitro benzene ring substituents is 1. The number of non-ortho nitro benzene ring substituents is 1. The number of carbonyl (C=O) groups excluding carboxylic acids is 1. The Bertz CT molecular complexity index is 523. The summed E-state index contributed by atoms with van der Waals surface area (Å²) < 4.78 is 0. The van der Waals surface area contributed by atoms with Gasteiger partial charge >= 0.3 is 0 Å². The average Bonchev–Trinajstić information content (AvgIpc) is 2.38. The quantitative estimate of drug-likeness (QED) is 0.622. The van der Waals surface area contributed by atoms with E-state index in [1.807, 2.05) is 4.90 Å². The van der Waals surface area contributed by atoms with Gasteiger partial charge < -0.3 is 16.0 Å². The summed E-state index contributed by atoms with van der Waals surface area (Å²) >= 11 is 6.05. The van der Waals surface area contributed by atoms with Crippen molar-refractivity contribution in [1.29, 1.82) is 0 Å². The first kappa shape index (κ1) is 13.6. The van der Waals surface area contributed by atoms with Gasteiger partial charge in [0.2, 0.25) is 5.91 Å². The van der Waals surface area contributed by atoms with Crippen LogP contribution in [-0.2, 0) is 4.79 Å². The molecule has 0 spiro atoms. The summed E-state index contributed by atoms with van der Waals surface area (Å²) in [6.45, 7) is 1.65. The molecule has 2 rings (SSSR count). The van der Waals surface area contributed by atoms with E-state index in [4.69, 9.17) is 17.3 Å². The van der Waals surface area contributed by atoms with Gasteiger partial charge in [-0.05, 0) is 6.07 Å². The number of anilines is 1. The summed E-state index contributed by atoms with van der Waals surface area (Å²) in [5.41, 5.74) is 5.87. The molecule has 19 heavy (non-hydrogen) atoms. The number of primary amides is 1. The second kappa shape index (κ2) is 5.41. The number of piperazine rings is 1. The number of benzene rings is 1. The molecule has 0 unspecified atom stereocenters. The normalized spacial score (nSPS) is 19.2. The molecular weight excluding hydrogens is 272 g/mol. The van der Waals surface area contributed by atoms with E-state index in [0.717, 1.165) is 0 Å². The number of nitrogens with zero attached hydrogens (tertiary/aromatic N) is 2. The molecule has 1 fully saturated rings. The lowest BCUT2D eigenvalue weighted by atomic mass is 10.1. The molecule has 0 aliphatic carbocycles. The predicted molar refractivity (Wildman–Crippen MR) is 71.3 cm³/mol. The first-order valence-corrected chi connectivity index (χ1v) is 6.08. The molecule has 0 saturated carbocycles. The van der Waals surface area contributed by atoms with Gasteiger partial charge in [-0.3, -0.25) is 14.9 Å². The Morgan fingerprint density at radius 1 is 1.58 bits per heavy atom. The molecule has 8 heteroatoms. The van der Waals surface area contributed by atoms with Crippen molar-refractivity contribution in [2.24, 2.45) is 5.73 Å². The summed E-state index contributed by atoms with van der Waals surface area (Å²) in [6.07, 6.45) is 0. The van der Waals surface area contributed by atoms with Crippen molar-refractivity contribution < 1.29 is 9.72 Å². The Kier molecular flexibility index (Phi) is 3.87. The summed E-state index contributed by atoms with van der Waals surface area (Å²) in [5, 5.41) is 13.9. The standard InChI is InChI=1S/C11H13ClN4O3/c12-8-5-7(16(18)19)1-2-10(8)15-4-3-14-9(6-15)11(13)17/h1-2,5,9,14H,3-4,6H2,(H2,13,17)/t9-/m0/s1. The Labute approximate surface area is 114 Å². The number of halogens is 1. The van der Waals surface area contributed by atoms with Gasteiger partial charge in [0.15, 0.2) is 0 Å². The molecule has 0 radical (unpaired) electrons. The van der Waals surface area contributed by atoms with E-state index in [0.29, 0.717) is 30.3 Å². The first-order valence-electron chi connectivity index (χ1n) is 5.70. The van der Waals surface area contributed by atoms with Gasteiger partial charge in [-0.1, -0.05) is 11.6 Å². The molecule has 3 N–H and O–H groups in total. The molecule has 1 aliphatic heterocycles. The number of nitrogens with two attached hydrogens (primary N) is 1. The van der Waals surface area contributed by atoms with Crippen LogP contribution in [0.2, 0.25) is 5.02 Å². The summed E-state index contributed by atoms with van der Waals surface area (Å²) in [6, 6.07) is 3.84. The number of nitro groups is 1. The van der Waals surface area contributed by atoms with Crippen molar-refractivity contribution in [3.8, 4) is 0 Å². The Balaban J connectivity index is 2.22. The molecule has 1 aromatic carbocycles. The van der Waals surface area contributed by atoms with Gasteiger partial charge in [0.1, 0.15) is 6.04 Å². The first-order chi connectivity index (χ1) is 8.99. The molecule has 0 aromatic heterocycles. The lowest BCUT2D eigenvalue weighted by Gasteiger charge is -2.34. The molecule has 1 aromatic rings. The highest BCUT2D eigenvalue weighted by Gasteiger charge is 2.25. The van der Waals surface area contributed by atoms with Crippen molar-refractivity contribution in [2.45, 2.75) is 6.04 Å². The maximum Gasteiger partial charge on any atom is 0.271 e. The van der Waals surface area contributed by atoms with Gasteiger partial charge in [0, 0.05) is 31.8 Å². The van der Waals surface area contributed by atoms with Crippen molar-refractivity contribution in [3.63, 3.8) is 0 Å². The molecule has 1 amide bonds.